The molecule has 0 aliphatic rings. The Morgan fingerprint density at radius 1 is 1.30 bits per heavy atom. The summed E-state index contributed by atoms with van der Waals surface area (Å²) in [4.78, 5) is 11.3. The fourth-order valence-corrected chi connectivity index (χ4v) is 1.57. The second-order valence-electron chi connectivity index (χ2n) is 4.85. The molecule has 112 valence electrons. The molecule has 2 amide bonds. The minimum absolute atomic E-state index is 0.0577. The first-order valence-electron chi connectivity index (χ1n) is 6.96. The third kappa shape index (κ3) is 6.99. The van der Waals surface area contributed by atoms with Crippen molar-refractivity contribution in [3.63, 3.8) is 0 Å². The first-order chi connectivity index (χ1) is 9.61. The normalized spacial score (nSPS) is 11.8. The predicted molar refractivity (Wildman–Crippen MR) is 79.0 cm³/mol. The number of aliphatic hydroxyl groups excluding tert-OH is 1. The molecule has 0 radical (unpaired) electrons. The predicted octanol–water partition coefficient (Wildman–Crippen LogP) is 1.83. The van der Waals surface area contributed by atoms with Gasteiger partial charge in [-0.05, 0) is 38.8 Å². The number of benzene rings is 1. The summed E-state index contributed by atoms with van der Waals surface area (Å²) in [6.07, 6.45) is 1.73. The molecule has 5 nitrogen and oxygen atoms in total. The van der Waals surface area contributed by atoms with Crippen molar-refractivity contribution < 1.29 is 14.6 Å². The van der Waals surface area contributed by atoms with Gasteiger partial charge in [-0.15, -0.1) is 0 Å². The topological polar surface area (TPSA) is 70.6 Å². The number of rotatable bonds is 8. The molecule has 0 bridgehead atoms. The van der Waals surface area contributed by atoms with Crippen LogP contribution in [0.1, 0.15) is 25.3 Å². The summed E-state index contributed by atoms with van der Waals surface area (Å²) in [5.74, 6) is 0.873. The number of carbonyl (C=O) groups excluding carboxylic acids is 1. The summed E-state index contributed by atoms with van der Waals surface area (Å²) in [5.41, 5.74) is 1.21. The van der Waals surface area contributed by atoms with E-state index in [9.17, 15) is 4.79 Å². The van der Waals surface area contributed by atoms with Gasteiger partial charge in [0.2, 0.25) is 0 Å². The average Bonchev–Trinajstić information content (AvgIpc) is 2.44. The van der Waals surface area contributed by atoms with E-state index in [1.807, 2.05) is 31.2 Å². The number of hydrogen-bond donors (Lipinski definition) is 3. The Morgan fingerprint density at radius 3 is 2.65 bits per heavy atom. The number of hydrogen-bond acceptors (Lipinski definition) is 3. The second-order valence-corrected chi connectivity index (χ2v) is 4.85. The number of amides is 2. The molecule has 5 heteroatoms. The molecule has 1 aromatic rings. The zero-order valence-electron chi connectivity index (χ0n) is 12.2. The lowest BCUT2D eigenvalue weighted by atomic mass is 10.2. The lowest BCUT2D eigenvalue weighted by Gasteiger charge is -2.12. The van der Waals surface area contributed by atoms with Crippen molar-refractivity contribution in [3.8, 4) is 5.75 Å². The van der Waals surface area contributed by atoms with Crippen molar-refractivity contribution in [3.05, 3.63) is 29.8 Å². The number of unbranched alkanes of at least 4 members (excludes halogenated alkanes) is 1. The van der Waals surface area contributed by atoms with Crippen LogP contribution < -0.4 is 15.4 Å². The summed E-state index contributed by atoms with van der Waals surface area (Å²) < 4.78 is 5.59. The summed E-state index contributed by atoms with van der Waals surface area (Å²) in [6, 6.07) is 7.48. The van der Waals surface area contributed by atoms with E-state index in [1.54, 1.807) is 6.92 Å². The van der Waals surface area contributed by atoms with Gasteiger partial charge in [-0.2, -0.15) is 0 Å². The Morgan fingerprint density at radius 2 is 2.00 bits per heavy atom. The third-order valence-electron chi connectivity index (χ3n) is 2.80. The van der Waals surface area contributed by atoms with Gasteiger partial charge in [0.1, 0.15) is 5.75 Å². The molecule has 0 aliphatic carbocycles. The monoisotopic (exact) mass is 280 g/mol. The number of aryl methyl sites for hydroxylation is 1. The highest BCUT2D eigenvalue weighted by Gasteiger charge is 2.04. The fourth-order valence-electron chi connectivity index (χ4n) is 1.57. The van der Waals surface area contributed by atoms with Crippen LogP contribution in [0.5, 0.6) is 5.75 Å². The van der Waals surface area contributed by atoms with Gasteiger partial charge in [-0.25, -0.2) is 4.79 Å². The number of urea groups is 1. The first-order valence-corrected chi connectivity index (χ1v) is 6.96. The molecule has 0 aromatic heterocycles. The van der Waals surface area contributed by atoms with Crippen molar-refractivity contribution in [2.75, 3.05) is 19.8 Å². The van der Waals surface area contributed by atoms with Gasteiger partial charge >= 0.3 is 6.03 Å². The van der Waals surface area contributed by atoms with Crippen LogP contribution in [0.3, 0.4) is 0 Å². The third-order valence-corrected chi connectivity index (χ3v) is 2.80. The van der Waals surface area contributed by atoms with Crippen molar-refractivity contribution in [2.45, 2.75) is 32.7 Å². The number of carbonyl (C=O) groups is 1. The minimum Gasteiger partial charge on any atom is -0.494 e. The van der Waals surface area contributed by atoms with E-state index in [1.165, 1.54) is 5.56 Å². The quantitative estimate of drug-likeness (QED) is 0.636. The highest BCUT2D eigenvalue weighted by molar-refractivity contribution is 5.74. The van der Waals surface area contributed by atoms with E-state index in [0.29, 0.717) is 13.2 Å². The van der Waals surface area contributed by atoms with Crippen LogP contribution in [0.4, 0.5) is 4.79 Å². The summed E-state index contributed by atoms with van der Waals surface area (Å²) in [7, 11) is 0. The molecule has 20 heavy (non-hydrogen) atoms. The van der Waals surface area contributed by atoms with Crippen molar-refractivity contribution in [2.24, 2.45) is 0 Å². The van der Waals surface area contributed by atoms with Crippen LogP contribution in [-0.2, 0) is 0 Å². The van der Waals surface area contributed by atoms with Gasteiger partial charge in [0.05, 0.1) is 19.3 Å². The number of ether oxygens (including phenoxy) is 1. The largest absolute Gasteiger partial charge is 0.494 e. The van der Waals surface area contributed by atoms with E-state index >= 15 is 0 Å². The number of nitrogens with one attached hydrogen (secondary N) is 2. The Balaban J connectivity index is 2.02. The van der Waals surface area contributed by atoms with Gasteiger partial charge in [0, 0.05) is 6.54 Å². The SMILES string of the molecule is Cc1ccc(OCCCCNC(=O)NC(C)CO)cc1. The number of aliphatic hydroxyl groups is 1. The Labute approximate surface area is 120 Å². The Kier molecular flexibility index (Phi) is 7.50. The van der Waals surface area contributed by atoms with E-state index < -0.39 is 0 Å². The Hall–Kier alpha value is -1.75. The van der Waals surface area contributed by atoms with Gasteiger partial charge in [0.15, 0.2) is 0 Å². The lowest BCUT2D eigenvalue weighted by molar-refractivity contribution is 0.220. The van der Waals surface area contributed by atoms with Crippen LogP contribution in [0.25, 0.3) is 0 Å². The molecule has 1 atom stereocenters. The lowest BCUT2D eigenvalue weighted by Crippen LogP contribution is -2.42. The molecular weight excluding hydrogens is 256 g/mol. The smallest absolute Gasteiger partial charge is 0.315 e. The van der Waals surface area contributed by atoms with E-state index in [-0.39, 0.29) is 18.7 Å². The van der Waals surface area contributed by atoms with Gasteiger partial charge < -0.3 is 20.5 Å². The van der Waals surface area contributed by atoms with Crippen molar-refractivity contribution in [1.29, 1.82) is 0 Å². The van der Waals surface area contributed by atoms with Crippen LogP contribution in [0, 0.1) is 6.92 Å². The molecule has 1 aromatic carbocycles. The molecule has 3 N–H and O–H groups in total. The van der Waals surface area contributed by atoms with E-state index in [2.05, 4.69) is 10.6 Å². The molecule has 0 aliphatic heterocycles. The molecule has 0 saturated carbocycles. The summed E-state index contributed by atoms with van der Waals surface area (Å²) in [5, 5.41) is 14.1. The van der Waals surface area contributed by atoms with Gasteiger partial charge in [-0.1, -0.05) is 17.7 Å². The zero-order valence-corrected chi connectivity index (χ0v) is 12.2. The maximum atomic E-state index is 11.3. The van der Waals surface area contributed by atoms with Crippen molar-refractivity contribution >= 4 is 6.03 Å². The first kappa shape index (κ1) is 16.3. The average molecular weight is 280 g/mol. The van der Waals surface area contributed by atoms with E-state index in [4.69, 9.17) is 9.84 Å². The molecule has 1 rings (SSSR count). The van der Waals surface area contributed by atoms with Crippen LogP contribution in [0.2, 0.25) is 0 Å². The van der Waals surface area contributed by atoms with E-state index in [0.717, 1.165) is 18.6 Å². The molecule has 0 heterocycles. The molecular formula is C15H24N2O3. The Bertz CT molecular complexity index is 393. The van der Waals surface area contributed by atoms with Gasteiger partial charge in [-0.3, -0.25) is 0 Å². The summed E-state index contributed by atoms with van der Waals surface area (Å²) >= 11 is 0. The van der Waals surface area contributed by atoms with Crippen LogP contribution in [0.15, 0.2) is 24.3 Å². The molecule has 0 spiro atoms. The van der Waals surface area contributed by atoms with Crippen LogP contribution >= 0.6 is 0 Å². The minimum atomic E-state index is -0.244. The fraction of sp³-hybridized carbons (Fsp3) is 0.533. The maximum absolute atomic E-state index is 11.3. The highest BCUT2D eigenvalue weighted by atomic mass is 16.5. The molecule has 0 saturated heterocycles. The second kappa shape index (κ2) is 9.20. The van der Waals surface area contributed by atoms with Gasteiger partial charge in [0.25, 0.3) is 0 Å². The molecule has 0 fully saturated rings. The zero-order chi connectivity index (χ0) is 14.8. The maximum Gasteiger partial charge on any atom is 0.315 e. The summed E-state index contributed by atoms with van der Waals surface area (Å²) in [6.45, 7) is 4.96. The van der Waals surface area contributed by atoms with Crippen LogP contribution in [-0.4, -0.2) is 36.9 Å². The van der Waals surface area contributed by atoms with Crippen molar-refractivity contribution in [1.82, 2.24) is 10.6 Å². The highest BCUT2D eigenvalue weighted by Crippen LogP contribution is 2.11. The standard InChI is InChI=1S/C15H24N2O3/c1-12-5-7-14(8-6-12)20-10-4-3-9-16-15(19)17-13(2)11-18/h5-8,13,18H,3-4,9-11H2,1-2H3,(H2,16,17,19). The molecule has 1 unspecified atom stereocenters.